The van der Waals surface area contributed by atoms with Crippen molar-refractivity contribution >= 4 is 0 Å². The first-order chi connectivity index (χ1) is 4.87. The fraction of sp³-hybridized carbons (Fsp3) is 1.00. The summed E-state index contributed by atoms with van der Waals surface area (Å²) in [6.45, 7) is 5.47. The molecule has 2 unspecified atom stereocenters. The van der Waals surface area contributed by atoms with E-state index in [9.17, 15) is 0 Å². The Balaban J connectivity index is 2.15. The molecule has 0 spiro atoms. The molecule has 10 heavy (non-hydrogen) atoms. The average molecular weight is 141 g/mol. The molecule has 58 valence electrons. The quantitative estimate of drug-likeness (QED) is 0.582. The second kappa shape index (κ2) is 2.21. The van der Waals surface area contributed by atoms with Crippen LogP contribution in [0, 0.1) is 5.92 Å². The molecule has 2 heterocycles. The third-order valence-electron chi connectivity index (χ3n) is 3.01. The van der Waals surface area contributed by atoms with Crippen LogP contribution in [-0.2, 0) is 4.74 Å². The molecular formula is C8H15NO. The zero-order valence-corrected chi connectivity index (χ0v) is 6.52. The molecule has 0 aromatic carbocycles. The lowest BCUT2D eigenvalue weighted by Gasteiger charge is -2.25. The van der Waals surface area contributed by atoms with Crippen LogP contribution in [0.25, 0.3) is 0 Å². The molecule has 1 N–H and O–H groups in total. The van der Waals surface area contributed by atoms with Crippen LogP contribution in [-0.4, -0.2) is 25.3 Å². The minimum Gasteiger partial charge on any atom is -0.373 e. The predicted molar refractivity (Wildman–Crippen MR) is 40.0 cm³/mol. The van der Waals surface area contributed by atoms with E-state index < -0.39 is 0 Å². The summed E-state index contributed by atoms with van der Waals surface area (Å²) in [5, 5.41) is 3.39. The molecule has 2 aliphatic rings. The van der Waals surface area contributed by atoms with Crippen LogP contribution < -0.4 is 5.32 Å². The largest absolute Gasteiger partial charge is 0.373 e. The van der Waals surface area contributed by atoms with Crippen molar-refractivity contribution in [3.63, 3.8) is 0 Å². The van der Waals surface area contributed by atoms with E-state index in [0.717, 1.165) is 19.1 Å². The van der Waals surface area contributed by atoms with Crippen LogP contribution >= 0.6 is 0 Å². The lowest BCUT2D eigenvalue weighted by Crippen LogP contribution is -2.34. The molecule has 2 aliphatic heterocycles. The first-order valence-electron chi connectivity index (χ1n) is 4.22. The number of nitrogens with one attached hydrogen (secondary N) is 1. The second-order valence-corrected chi connectivity index (χ2v) is 3.38. The zero-order chi connectivity index (χ0) is 7.03. The molecule has 2 rings (SSSR count). The lowest BCUT2D eigenvalue weighted by molar-refractivity contribution is 0.000238. The Morgan fingerprint density at radius 1 is 1.70 bits per heavy atom. The number of ether oxygens (including phenoxy) is 1. The third-order valence-corrected chi connectivity index (χ3v) is 3.01. The van der Waals surface area contributed by atoms with Crippen molar-refractivity contribution < 1.29 is 4.74 Å². The molecule has 0 aromatic heterocycles. The highest BCUT2D eigenvalue weighted by atomic mass is 16.5. The molecule has 2 heteroatoms. The van der Waals surface area contributed by atoms with E-state index in [1.54, 1.807) is 0 Å². The van der Waals surface area contributed by atoms with Crippen LogP contribution in [0.1, 0.15) is 19.8 Å². The third kappa shape index (κ3) is 0.722. The average Bonchev–Trinajstić information content (AvgIpc) is 2.42. The monoisotopic (exact) mass is 141 g/mol. The predicted octanol–water partition coefficient (Wildman–Crippen LogP) is 0.775. The molecule has 0 aliphatic carbocycles. The van der Waals surface area contributed by atoms with Crippen molar-refractivity contribution in [1.29, 1.82) is 0 Å². The summed E-state index contributed by atoms with van der Waals surface area (Å²) in [5.74, 6) is 0.803. The van der Waals surface area contributed by atoms with Gasteiger partial charge in [0.2, 0.25) is 0 Å². The van der Waals surface area contributed by atoms with Gasteiger partial charge in [0.05, 0.1) is 5.60 Å². The Morgan fingerprint density at radius 2 is 2.60 bits per heavy atom. The van der Waals surface area contributed by atoms with Gasteiger partial charge >= 0.3 is 0 Å². The van der Waals surface area contributed by atoms with Gasteiger partial charge in [-0.3, -0.25) is 0 Å². The van der Waals surface area contributed by atoms with E-state index >= 15 is 0 Å². The zero-order valence-electron chi connectivity index (χ0n) is 6.52. The molecule has 0 radical (unpaired) electrons. The standard InChI is InChI=1S/C8H15NO/c1-2-8-6-9-5-7(8)3-4-10-8/h7,9H,2-6H2,1H3. The molecule has 0 saturated carbocycles. The minimum atomic E-state index is 0.236. The van der Waals surface area contributed by atoms with Gasteiger partial charge in [-0.25, -0.2) is 0 Å². The fourth-order valence-electron chi connectivity index (χ4n) is 2.24. The van der Waals surface area contributed by atoms with Crippen LogP contribution in [0.2, 0.25) is 0 Å². The topological polar surface area (TPSA) is 21.3 Å². The van der Waals surface area contributed by atoms with Gasteiger partial charge in [-0.15, -0.1) is 0 Å². The summed E-state index contributed by atoms with van der Waals surface area (Å²) in [4.78, 5) is 0. The number of fused-ring (bicyclic) bond motifs is 1. The summed E-state index contributed by atoms with van der Waals surface area (Å²) in [6.07, 6.45) is 2.44. The highest BCUT2D eigenvalue weighted by Gasteiger charge is 2.45. The van der Waals surface area contributed by atoms with Gasteiger partial charge in [0, 0.05) is 25.6 Å². The van der Waals surface area contributed by atoms with Crippen molar-refractivity contribution in [1.82, 2.24) is 5.32 Å². The molecule has 2 fully saturated rings. The summed E-state index contributed by atoms with van der Waals surface area (Å²) in [5.41, 5.74) is 0.236. The van der Waals surface area contributed by atoms with Crippen molar-refractivity contribution in [2.24, 2.45) is 5.92 Å². The molecule has 0 bridgehead atoms. The normalized spacial score (nSPS) is 45.9. The highest BCUT2D eigenvalue weighted by Crippen LogP contribution is 2.37. The van der Waals surface area contributed by atoms with Crippen LogP contribution in [0.4, 0.5) is 0 Å². The van der Waals surface area contributed by atoms with Crippen molar-refractivity contribution in [2.45, 2.75) is 25.4 Å². The molecule has 0 aromatic rings. The van der Waals surface area contributed by atoms with Crippen molar-refractivity contribution in [3.05, 3.63) is 0 Å². The first-order valence-corrected chi connectivity index (χ1v) is 4.22. The number of rotatable bonds is 1. The van der Waals surface area contributed by atoms with E-state index in [1.807, 2.05) is 0 Å². The summed E-state index contributed by atoms with van der Waals surface area (Å²) < 4.78 is 5.75. The summed E-state index contributed by atoms with van der Waals surface area (Å²) >= 11 is 0. The summed E-state index contributed by atoms with van der Waals surface area (Å²) in [7, 11) is 0. The Labute approximate surface area is 61.9 Å². The van der Waals surface area contributed by atoms with E-state index in [4.69, 9.17) is 4.74 Å². The maximum atomic E-state index is 5.75. The fourth-order valence-corrected chi connectivity index (χ4v) is 2.24. The highest BCUT2D eigenvalue weighted by molar-refractivity contribution is 4.99. The smallest absolute Gasteiger partial charge is 0.0844 e. The molecule has 2 nitrogen and oxygen atoms in total. The summed E-state index contributed by atoms with van der Waals surface area (Å²) in [6, 6.07) is 0. The molecule has 2 saturated heterocycles. The second-order valence-electron chi connectivity index (χ2n) is 3.38. The Morgan fingerprint density at radius 3 is 3.30 bits per heavy atom. The van der Waals surface area contributed by atoms with Gasteiger partial charge in [-0.1, -0.05) is 6.92 Å². The molecule has 0 amide bonds. The van der Waals surface area contributed by atoms with Gasteiger partial charge in [0.1, 0.15) is 0 Å². The number of hydrogen-bond donors (Lipinski definition) is 1. The first kappa shape index (κ1) is 6.62. The Kier molecular flexibility index (Phi) is 1.46. The van der Waals surface area contributed by atoms with E-state index in [0.29, 0.717) is 0 Å². The maximum absolute atomic E-state index is 5.75. The number of hydrogen-bond acceptors (Lipinski definition) is 2. The lowest BCUT2D eigenvalue weighted by atomic mass is 9.89. The van der Waals surface area contributed by atoms with Crippen LogP contribution in [0.5, 0.6) is 0 Å². The van der Waals surface area contributed by atoms with Crippen molar-refractivity contribution in [2.75, 3.05) is 19.7 Å². The van der Waals surface area contributed by atoms with E-state index in [2.05, 4.69) is 12.2 Å². The van der Waals surface area contributed by atoms with Gasteiger partial charge in [0.25, 0.3) is 0 Å². The van der Waals surface area contributed by atoms with Crippen LogP contribution in [0.3, 0.4) is 0 Å². The molecular weight excluding hydrogens is 126 g/mol. The van der Waals surface area contributed by atoms with Crippen molar-refractivity contribution in [3.8, 4) is 0 Å². The van der Waals surface area contributed by atoms with Crippen LogP contribution in [0.15, 0.2) is 0 Å². The van der Waals surface area contributed by atoms with E-state index in [1.165, 1.54) is 19.4 Å². The van der Waals surface area contributed by atoms with Gasteiger partial charge in [0.15, 0.2) is 0 Å². The minimum absolute atomic E-state index is 0.236. The Hall–Kier alpha value is -0.0800. The van der Waals surface area contributed by atoms with E-state index in [-0.39, 0.29) is 5.60 Å². The SMILES string of the molecule is CCC12CNCC1CCO2. The Bertz CT molecular complexity index is 125. The van der Waals surface area contributed by atoms with Gasteiger partial charge in [-0.2, -0.15) is 0 Å². The van der Waals surface area contributed by atoms with Gasteiger partial charge < -0.3 is 10.1 Å². The maximum Gasteiger partial charge on any atom is 0.0844 e. The van der Waals surface area contributed by atoms with Gasteiger partial charge in [-0.05, 0) is 12.8 Å². The molecule has 2 atom stereocenters.